The van der Waals surface area contributed by atoms with Crippen LogP contribution in [-0.2, 0) is 4.79 Å². The van der Waals surface area contributed by atoms with Crippen molar-refractivity contribution in [2.75, 3.05) is 7.11 Å². The smallest absolute Gasteiger partial charge is 0.199 e. The lowest BCUT2D eigenvalue weighted by atomic mass is 9.98. The van der Waals surface area contributed by atoms with Gasteiger partial charge in [0.05, 0.1) is 7.11 Å². The summed E-state index contributed by atoms with van der Waals surface area (Å²) < 4.78 is 5.09. The van der Waals surface area contributed by atoms with Crippen LogP contribution in [0.5, 0.6) is 5.75 Å². The Hall–Kier alpha value is -1.64. The number of ketones is 1. The summed E-state index contributed by atoms with van der Waals surface area (Å²) in [5.74, 6) is 0.812. The zero-order valence-corrected chi connectivity index (χ0v) is 8.45. The van der Waals surface area contributed by atoms with Crippen molar-refractivity contribution in [2.45, 2.75) is 18.8 Å². The fourth-order valence-electron chi connectivity index (χ4n) is 1.99. The summed E-state index contributed by atoms with van der Waals surface area (Å²) in [7, 11) is 1.58. The van der Waals surface area contributed by atoms with Gasteiger partial charge in [0.2, 0.25) is 0 Å². The zero-order valence-electron chi connectivity index (χ0n) is 8.45. The first kappa shape index (κ1) is 9.90. The molecule has 1 atom stereocenters. The number of methoxy groups -OCH3 is 1. The number of hydrogen-bond donors (Lipinski definition) is 0. The van der Waals surface area contributed by atoms with Gasteiger partial charge in [-0.1, -0.05) is 0 Å². The van der Waals surface area contributed by atoms with Crippen LogP contribution in [0.3, 0.4) is 0 Å². The average molecular weight is 203 g/mol. The molecule has 0 spiro atoms. The van der Waals surface area contributed by atoms with Crippen LogP contribution in [0.15, 0.2) is 18.2 Å². The van der Waals surface area contributed by atoms with E-state index in [2.05, 4.69) is 0 Å². The summed E-state index contributed by atoms with van der Waals surface area (Å²) in [6.07, 6.45) is 2.56. The van der Waals surface area contributed by atoms with Crippen molar-refractivity contribution in [2.24, 2.45) is 0 Å². The van der Waals surface area contributed by atoms with Crippen molar-refractivity contribution >= 4 is 12.1 Å². The molecule has 0 heterocycles. The summed E-state index contributed by atoms with van der Waals surface area (Å²) in [5, 5.41) is 0. The van der Waals surface area contributed by atoms with Crippen molar-refractivity contribution in [3.8, 4) is 5.75 Å². The SMILES string of the molecule is COc1ccc2c(c1)C(C[C]=O)CC2=O. The van der Waals surface area contributed by atoms with E-state index in [-0.39, 0.29) is 18.1 Å². The Kier molecular flexibility index (Phi) is 2.54. The molecule has 0 amide bonds. The fourth-order valence-corrected chi connectivity index (χ4v) is 1.99. The summed E-state index contributed by atoms with van der Waals surface area (Å²) >= 11 is 0. The Morgan fingerprint density at radius 1 is 1.53 bits per heavy atom. The van der Waals surface area contributed by atoms with Gasteiger partial charge in [0.15, 0.2) is 12.1 Å². The van der Waals surface area contributed by atoms with Gasteiger partial charge in [0.25, 0.3) is 0 Å². The molecule has 0 bridgehead atoms. The molecular weight excluding hydrogens is 192 g/mol. The quantitative estimate of drug-likeness (QED) is 0.753. The molecule has 1 aliphatic rings. The molecular formula is C12H11O3. The second-order valence-electron chi connectivity index (χ2n) is 3.63. The first-order chi connectivity index (χ1) is 7.26. The van der Waals surface area contributed by atoms with E-state index in [1.807, 2.05) is 12.4 Å². The van der Waals surface area contributed by atoms with Crippen LogP contribution in [-0.4, -0.2) is 19.2 Å². The fraction of sp³-hybridized carbons (Fsp3) is 0.333. The zero-order chi connectivity index (χ0) is 10.8. The molecule has 2 rings (SSSR count). The number of rotatable bonds is 3. The minimum absolute atomic E-state index is 0.0138. The van der Waals surface area contributed by atoms with Crippen LogP contribution in [0.1, 0.15) is 34.7 Å². The minimum atomic E-state index is -0.0138. The van der Waals surface area contributed by atoms with Crippen LogP contribution >= 0.6 is 0 Å². The van der Waals surface area contributed by atoms with Crippen molar-refractivity contribution in [1.82, 2.24) is 0 Å². The van der Waals surface area contributed by atoms with Crippen LogP contribution in [0, 0.1) is 0 Å². The number of fused-ring (bicyclic) bond motifs is 1. The van der Waals surface area contributed by atoms with Gasteiger partial charge in [0, 0.05) is 18.4 Å². The summed E-state index contributed by atoms with van der Waals surface area (Å²) in [6, 6.07) is 5.37. The van der Waals surface area contributed by atoms with Gasteiger partial charge in [-0.25, -0.2) is 0 Å². The molecule has 1 aromatic carbocycles. The molecule has 0 N–H and O–H groups in total. The third-order valence-corrected chi connectivity index (χ3v) is 2.76. The monoisotopic (exact) mass is 203 g/mol. The standard InChI is InChI=1S/C12H11O3/c1-15-9-2-3-10-11(7-9)8(4-5-13)6-12(10)14/h2-3,7-8H,4,6H2,1H3. The average Bonchev–Trinajstić information content (AvgIpc) is 2.56. The normalized spacial score (nSPS) is 18.7. The third-order valence-electron chi connectivity index (χ3n) is 2.76. The maximum atomic E-state index is 11.6. The van der Waals surface area contributed by atoms with Gasteiger partial charge < -0.3 is 4.74 Å². The molecule has 1 unspecified atom stereocenters. The van der Waals surface area contributed by atoms with Crippen LogP contribution in [0.2, 0.25) is 0 Å². The van der Waals surface area contributed by atoms with Gasteiger partial charge >= 0.3 is 0 Å². The predicted molar refractivity (Wildman–Crippen MR) is 55.0 cm³/mol. The van der Waals surface area contributed by atoms with Crippen molar-refractivity contribution in [1.29, 1.82) is 0 Å². The number of ether oxygens (including phenoxy) is 1. The third kappa shape index (κ3) is 1.65. The molecule has 1 aromatic rings. The predicted octanol–water partition coefficient (Wildman–Crippen LogP) is 1.86. The van der Waals surface area contributed by atoms with Gasteiger partial charge in [0.1, 0.15) is 5.75 Å². The van der Waals surface area contributed by atoms with E-state index in [0.29, 0.717) is 6.42 Å². The number of benzene rings is 1. The Morgan fingerprint density at radius 2 is 2.33 bits per heavy atom. The lowest BCUT2D eigenvalue weighted by molar-refractivity contribution is 0.0989. The molecule has 0 aliphatic heterocycles. The highest BCUT2D eigenvalue weighted by Gasteiger charge is 2.29. The Labute approximate surface area is 88.1 Å². The van der Waals surface area contributed by atoms with Gasteiger partial charge in [-0.15, -0.1) is 0 Å². The Bertz CT molecular complexity index is 409. The van der Waals surface area contributed by atoms with E-state index in [1.165, 1.54) is 0 Å². The largest absolute Gasteiger partial charge is 0.497 e. The Balaban J connectivity index is 2.42. The summed E-state index contributed by atoms with van der Waals surface area (Å²) in [4.78, 5) is 21.9. The minimum Gasteiger partial charge on any atom is -0.497 e. The molecule has 3 heteroatoms. The highest BCUT2D eigenvalue weighted by atomic mass is 16.5. The van der Waals surface area contributed by atoms with Crippen LogP contribution < -0.4 is 4.74 Å². The van der Waals surface area contributed by atoms with Gasteiger partial charge in [-0.3, -0.25) is 9.59 Å². The highest BCUT2D eigenvalue weighted by molar-refractivity contribution is 6.01. The highest BCUT2D eigenvalue weighted by Crippen LogP contribution is 2.36. The van der Waals surface area contributed by atoms with Crippen molar-refractivity contribution in [3.63, 3.8) is 0 Å². The first-order valence-electron chi connectivity index (χ1n) is 4.82. The van der Waals surface area contributed by atoms with E-state index in [1.54, 1.807) is 19.2 Å². The van der Waals surface area contributed by atoms with Crippen molar-refractivity contribution < 1.29 is 14.3 Å². The molecule has 15 heavy (non-hydrogen) atoms. The van der Waals surface area contributed by atoms with E-state index in [4.69, 9.17) is 4.74 Å². The first-order valence-corrected chi connectivity index (χ1v) is 4.82. The summed E-state index contributed by atoms with van der Waals surface area (Å²) in [5.41, 5.74) is 1.64. The van der Waals surface area contributed by atoms with Crippen LogP contribution in [0.25, 0.3) is 0 Å². The van der Waals surface area contributed by atoms with Crippen molar-refractivity contribution in [3.05, 3.63) is 29.3 Å². The molecule has 0 saturated carbocycles. The van der Waals surface area contributed by atoms with Gasteiger partial charge in [-0.05, 0) is 29.7 Å². The number of Topliss-reactive ketones (excluding diaryl/α,β-unsaturated/α-hetero) is 1. The molecule has 3 nitrogen and oxygen atoms in total. The molecule has 1 radical (unpaired) electrons. The van der Waals surface area contributed by atoms with E-state index < -0.39 is 0 Å². The van der Waals surface area contributed by atoms with E-state index in [0.717, 1.165) is 16.9 Å². The number of carbonyl (C=O) groups excluding carboxylic acids is 2. The van der Waals surface area contributed by atoms with Gasteiger partial charge in [-0.2, -0.15) is 0 Å². The molecule has 0 aromatic heterocycles. The second kappa shape index (κ2) is 3.85. The number of carbonyl (C=O) groups is 1. The maximum Gasteiger partial charge on any atom is 0.199 e. The maximum absolute atomic E-state index is 11.6. The topological polar surface area (TPSA) is 43.4 Å². The Morgan fingerprint density at radius 3 is 3.00 bits per heavy atom. The van der Waals surface area contributed by atoms with E-state index in [9.17, 15) is 9.59 Å². The van der Waals surface area contributed by atoms with Crippen LogP contribution in [0.4, 0.5) is 0 Å². The molecule has 77 valence electrons. The molecule has 1 aliphatic carbocycles. The summed E-state index contributed by atoms with van der Waals surface area (Å²) in [6.45, 7) is 0. The second-order valence-corrected chi connectivity index (χ2v) is 3.63. The lowest BCUT2D eigenvalue weighted by Gasteiger charge is -2.07. The number of hydrogen-bond acceptors (Lipinski definition) is 3. The van der Waals surface area contributed by atoms with E-state index >= 15 is 0 Å². The molecule has 0 fully saturated rings. The molecule has 0 saturated heterocycles. The lowest BCUT2D eigenvalue weighted by Crippen LogP contribution is -1.95.